The minimum atomic E-state index is -3.81. The number of hydrogen-bond donors (Lipinski definition) is 2. The molecule has 1 aromatic heterocycles. The average molecular weight is 453 g/mol. The summed E-state index contributed by atoms with van der Waals surface area (Å²) in [4.78, 5) is 12.4. The van der Waals surface area contributed by atoms with Crippen molar-refractivity contribution in [3.05, 3.63) is 66.0 Å². The third-order valence-corrected chi connectivity index (χ3v) is 7.29. The standard InChI is InChI=1S/C18H17FN4O3S3/c1-12(23-29(25,26)15-5-3-2-4-6-15)16(24)20-17-21-22-18(28-17)27-11-13-7-9-14(19)10-8-13/h2-10,12,23H,11H2,1H3,(H,20,21,24)/t12-/m0/s1. The van der Waals surface area contributed by atoms with Gasteiger partial charge in [0.2, 0.25) is 21.1 Å². The van der Waals surface area contributed by atoms with Gasteiger partial charge >= 0.3 is 0 Å². The summed E-state index contributed by atoms with van der Waals surface area (Å²) in [5.74, 6) is -0.261. The van der Waals surface area contributed by atoms with Crippen LogP contribution in [-0.4, -0.2) is 30.6 Å². The predicted octanol–water partition coefficient (Wildman–Crippen LogP) is 3.28. The first-order valence-corrected chi connectivity index (χ1v) is 11.7. The summed E-state index contributed by atoms with van der Waals surface area (Å²) in [6.07, 6.45) is 0. The largest absolute Gasteiger partial charge is 0.299 e. The van der Waals surface area contributed by atoms with Crippen molar-refractivity contribution < 1.29 is 17.6 Å². The van der Waals surface area contributed by atoms with E-state index in [0.717, 1.165) is 5.56 Å². The lowest BCUT2D eigenvalue weighted by Crippen LogP contribution is -2.41. The lowest BCUT2D eigenvalue weighted by Gasteiger charge is -2.13. The molecular formula is C18H17FN4O3S3. The molecule has 1 heterocycles. The number of amides is 1. The second kappa shape index (κ2) is 9.44. The van der Waals surface area contributed by atoms with E-state index in [-0.39, 0.29) is 15.8 Å². The maximum Gasteiger partial charge on any atom is 0.244 e. The Labute approximate surface area is 175 Å². The van der Waals surface area contributed by atoms with Crippen molar-refractivity contribution in [3.8, 4) is 0 Å². The molecule has 11 heteroatoms. The van der Waals surface area contributed by atoms with Gasteiger partial charge in [-0.15, -0.1) is 10.2 Å². The van der Waals surface area contributed by atoms with Crippen LogP contribution in [0.4, 0.5) is 9.52 Å². The smallest absolute Gasteiger partial charge is 0.244 e. The minimum absolute atomic E-state index is 0.0787. The van der Waals surface area contributed by atoms with Crippen LogP contribution in [0.5, 0.6) is 0 Å². The number of nitrogens with one attached hydrogen (secondary N) is 2. The monoisotopic (exact) mass is 452 g/mol. The molecule has 29 heavy (non-hydrogen) atoms. The van der Waals surface area contributed by atoms with Crippen molar-refractivity contribution in [2.45, 2.75) is 28.0 Å². The molecule has 152 valence electrons. The molecule has 0 radical (unpaired) electrons. The van der Waals surface area contributed by atoms with Gasteiger partial charge < -0.3 is 0 Å². The summed E-state index contributed by atoms with van der Waals surface area (Å²) in [6.45, 7) is 1.45. The van der Waals surface area contributed by atoms with Crippen LogP contribution >= 0.6 is 23.1 Å². The van der Waals surface area contributed by atoms with Gasteiger partial charge in [0.1, 0.15) is 5.82 Å². The van der Waals surface area contributed by atoms with Crippen LogP contribution in [0.1, 0.15) is 12.5 Å². The lowest BCUT2D eigenvalue weighted by molar-refractivity contribution is -0.117. The number of nitrogens with zero attached hydrogens (tertiary/aromatic N) is 2. The van der Waals surface area contributed by atoms with Crippen molar-refractivity contribution in [2.75, 3.05) is 5.32 Å². The van der Waals surface area contributed by atoms with Crippen molar-refractivity contribution >= 4 is 44.2 Å². The van der Waals surface area contributed by atoms with Gasteiger partial charge in [0, 0.05) is 5.75 Å². The van der Waals surface area contributed by atoms with Gasteiger partial charge in [-0.05, 0) is 36.8 Å². The Morgan fingerprint density at radius 1 is 1.14 bits per heavy atom. The Morgan fingerprint density at radius 3 is 2.52 bits per heavy atom. The Hall–Kier alpha value is -2.34. The Balaban J connectivity index is 1.54. The van der Waals surface area contributed by atoms with Crippen LogP contribution in [0.15, 0.2) is 63.8 Å². The molecule has 0 unspecified atom stereocenters. The first kappa shape index (κ1) is 21.4. The summed E-state index contributed by atoms with van der Waals surface area (Å²) in [5.41, 5.74) is 0.932. The summed E-state index contributed by atoms with van der Waals surface area (Å²) < 4.78 is 40.5. The Bertz CT molecular complexity index is 1070. The van der Waals surface area contributed by atoms with Crippen molar-refractivity contribution in [1.29, 1.82) is 0 Å². The van der Waals surface area contributed by atoms with Gasteiger partial charge in [-0.25, -0.2) is 12.8 Å². The van der Waals surface area contributed by atoms with Gasteiger partial charge in [0.25, 0.3) is 0 Å². The highest BCUT2D eigenvalue weighted by Gasteiger charge is 2.22. The van der Waals surface area contributed by atoms with Gasteiger partial charge in [-0.3, -0.25) is 10.1 Å². The van der Waals surface area contributed by atoms with Gasteiger partial charge in [0.05, 0.1) is 10.9 Å². The predicted molar refractivity (Wildman–Crippen MR) is 111 cm³/mol. The van der Waals surface area contributed by atoms with E-state index in [4.69, 9.17) is 0 Å². The summed E-state index contributed by atoms with van der Waals surface area (Å²) >= 11 is 2.58. The summed E-state index contributed by atoms with van der Waals surface area (Å²) in [5, 5.41) is 10.7. The first-order chi connectivity index (χ1) is 13.8. The number of carbonyl (C=O) groups is 1. The molecule has 2 N–H and O–H groups in total. The highest BCUT2D eigenvalue weighted by Crippen LogP contribution is 2.28. The maximum atomic E-state index is 12.9. The van der Waals surface area contributed by atoms with E-state index in [0.29, 0.717) is 10.1 Å². The minimum Gasteiger partial charge on any atom is -0.299 e. The number of anilines is 1. The fraction of sp³-hybridized carbons (Fsp3) is 0.167. The molecule has 0 saturated heterocycles. The second-order valence-corrected chi connectivity index (χ2v) is 9.85. The zero-order valence-corrected chi connectivity index (χ0v) is 17.7. The zero-order valence-electron chi connectivity index (χ0n) is 15.2. The van der Waals surface area contributed by atoms with E-state index < -0.39 is 22.0 Å². The molecule has 0 saturated carbocycles. The first-order valence-electron chi connectivity index (χ1n) is 8.42. The summed E-state index contributed by atoms with van der Waals surface area (Å²) in [6, 6.07) is 13.0. The summed E-state index contributed by atoms with van der Waals surface area (Å²) in [7, 11) is -3.81. The molecule has 0 aliphatic heterocycles. The fourth-order valence-corrected chi connectivity index (χ4v) is 5.15. The van der Waals surface area contributed by atoms with E-state index in [9.17, 15) is 17.6 Å². The quantitative estimate of drug-likeness (QED) is 0.402. The zero-order chi connectivity index (χ0) is 20.9. The van der Waals surface area contributed by atoms with Crippen LogP contribution in [0, 0.1) is 5.82 Å². The van der Waals surface area contributed by atoms with Crippen LogP contribution < -0.4 is 10.0 Å². The van der Waals surface area contributed by atoms with E-state index in [1.807, 2.05) is 0 Å². The molecule has 1 amide bonds. The molecular weight excluding hydrogens is 435 g/mol. The molecule has 2 aromatic carbocycles. The number of aromatic nitrogens is 2. The number of hydrogen-bond acceptors (Lipinski definition) is 7. The molecule has 3 rings (SSSR count). The van der Waals surface area contributed by atoms with Crippen LogP contribution in [0.25, 0.3) is 0 Å². The molecule has 1 atom stereocenters. The highest BCUT2D eigenvalue weighted by atomic mass is 32.2. The molecule has 0 fully saturated rings. The average Bonchev–Trinajstić information content (AvgIpc) is 3.15. The third-order valence-electron chi connectivity index (χ3n) is 3.69. The molecule has 0 aliphatic carbocycles. The van der Waals surface area contributed by atoms with E-state index in [1.54, 1.807) is 30.3 Å². The molecule has 0 bridgehead atoms. The van der Waals surface area contributed by atoms with Gasteiger partial charge in [-0.1, -0.05) is 53.4 Å². The normalized spacial score (nSPS) is 12.5. The van der Waals surface area contributed by atoms with Crippen LogP contribution in [0.2, 0.25) is 0 Å². The molecule has 0 spiro atoms. The van der Waals surface area contributed by atoms with Crippen LogP contribution in [0.3, 0.4) is 0 Å². The second-order valence-electron chi connectivity index (χ2n) is 5.93. The van der Waals surface area contributed by atoms with Gasteiger partial charge in [-0.2, -0.15) is 4.72 Å². The third kappa shape index (κ3) is 6.07. The van der Waals surface area contributed by atoms with E-state index >= 15 is 0 Å². The van der Waals surface area contributed by atoms with Crippen molar-refractivity contribution in [3.63, 3.8) is 0 Å². The number of carbonyl (C=O) groups excluding carboxylic acids is 1. The Kier molecular flexibility index (Phi) is 6.96. The Morgan fingerprint density at radius 2 is 1.83 bits per heavy atom. The number of rotatable bonds is 8. The topological polar surface area (TPSA) is 101 Å². The van der Waals surface area contributed by atoms with Crippen molar-refractivity contribution in [1.82, 2.24) is 14.9 Å². The van der Waals surface area contributed by atoms with Gasteiger partial charge in [0.15, 0.2) is 4.34 Å². The number of benzene rings is 2. The number of thioether (sulfide) groups is 1. The van der Waals surface area contributed by atoms with E-state index in [2.05, 4.69) is 20.2 Å². The van der Waals surface area contributed by atoms with Crippen LogP contribution in [-0.2, 0) is 20.6 Å². The highest BCUT2D eigenvalue weighted by molar-refractivity contribution is 8.00. The number of sulfonamides is 1. The lowest BCUT2D eigenvalue weighted by atomic mass is 10.2. The molecule has 3 aromatic rings. The number of halogens is 1. The fourth-order valence-electron chi connectivity index (χ4n) is 2.21. The SMILES string of the molecule is C[C@H](NS(=O)(=O)c1ccccc1)C(=O)Nc1nnc(SCc2ccc(F)cc2)s1. The van der Waals surface area contributed by atoms with Crippen molar-refractivity contribution in [2.24, 2.45) is 0 Å². The molecule has 0 aliphatic rings. The van der Waals surface area contributed by atoms with E-state index in [1.165, 1.54) is 54.3 Å². The maximum absolute atomic E-state index is 12.9. The molecule has 7 nitrogen and oxygen atoms in total.